The number of anilines is 3. The lowest BCUT2D eigenvalue weighted by molar-refractivity contribution is 0.660. The van der Waals surface area contributed by atoms with Crippen molar-refractivity contribution < 1.29 is 0 Å². The molecule has 0 fully saturated rings. The number of thiophene rings is 1. The molecule has 0 amide bonds. The zero-order valence-corrected chi connectivity index (χ0v) is 26.1. The van der Waals surface area contributed by atoms with Crippen molar-refractivity contribution in [2.24, 2.45) is 0 Å². The van der Waals surface area contributed by atoms with Crippen molar-refractivity contribution in [3.8, 4) is 22.3 Å². The van der Waals surface area contributed by atoms with Gasteiger partial charge in [-0.1, -0.05) is 135 Å². The molecule has 1 aliphatic carbocycles. The van der Waals surface area contributed by atoms with E-state index in [1.165, 1.54) is 75.7 Å². The fourth-order valence-corrected chi connectivity index (χ4v) is 8.73. The fraction of sp³-hybridized carbons (Fsp3) is 0.0698. The van der Waals surface area contributed by atoms with Crippen LogP contribution in [-0.2, 0) is 5.41 Å². The maximum atomic E-state index is 2.54. The van der Waals surface area contributed by atoms with E-state index >= 15 is 0 Å². The third-order valence-corrected chi connectivity index (χ3v) is 10.8. The number of benzene rings is 7. The fourth-order valence-electron chi connectivity index (χ4n) is 7.51. The van der Waals surface area contributed by atoms with E-state index in [1.807, 2.05) is 11.3 Å². The maximum absolute atomic E-state index is 2.54. The van der Waals surface area contributed by atoms with Gasteiger partial charge in [0, 0.05) is 32.1 Å². The van der Waals surface area contributed by atoms with Crippen LogP contribution < -0.4 is 4.90 Å². The van der Waals surface area contributed by atoms with Crippen LogP contribution in [0.25, 0.3) is 53.2 Å². The summed E-state index contributed by atoms with van der Waals surface area (Å²) in [6, 6.07) is 55.8. The highest BCUT2D eigenvalue weighted by atomic mass is 32.1. The third kappa shape index (κ3) is 3.92. The van der Waals surface area contributed by atoms with Crippen LogP contribution in [0.4, 0.5) is 17.1 Å². The first-order valence-electron chi connectivity index (χ1n) is 15.6. The van der Waals surface area contributed by atoms with Gasteiger partial charge in [-0.2, -0.15) is 0 Å². The first-order valence-corrected chi connectivity index (χ1v) is 16.4. The predicted molar refractivity (Wildman–Crippen MR) is 195 cm³/mol. The standard InChI is InChI=1S/C43H31NS/c1-43(2)35-22-10-8-20-33(35)41-36(43)23-13-24-37(41)44(31-18-12-17-29(26-31)28-14-4-3-5-15-28)38-27-30-16-6-7-19-32(30)40-34-21-9-11-25-39(34)45-42(38)40/h3-27H,1-2H3. The summed E-state index contributed by atoms with van der Waals surface area (Å²) in [5.41, 5.74) is 11.3. The minimum atomic E-state index is -0.0875. The Morgan fingerprint density at radius 1 is 0.533 bits per heavy atom. The molecule has 1 aromatic heterocycles. The maximum Gasteiger partial charge on any atom is 0.0647 e. The van der Waals surface area contributed by atoms with Gasteiger partial charge in [0.25, 0.3) is 0 Å². The van der Waals surface area contributed by atoms with Crippen LogP contribution in [0.3, 0.4) is 0 Å². The van der Waals surface area contributed by atoms with Gasteiger partial charge in [-0.3, -0.25) is 0 Å². The van der Waals surface area contributed by atoms with Gasteiger partial charge >= 0.3 is 0 Å². The highest BCUT2D eigenvalue weighted by Gasteiger charge is 2.38. The molecule has 9 rings (SSSR count). The lowest BCUT2D eigenvalue weighted by atomic mass is 9.82. The van der Waals surface area contributed by atoms with Gasteiger partial charge in [-0.05, 0) is 68.9 Å². The summed E-state index contributed by atoms with van der Waals surface area (Å²) in [4.78, 5) is 2.54. The SMILES string of the molecule is CC1(C)c2ccccc2-c2c(N(c3cccc(-c4ccccc4)c3)c3cc4ccccc4c4c3sc3ccccc34)cccc21. The molecule has 8 aromatic rings. The minimum Gasteiger partial charge on any atom is -0.308 e. The van der Waals surface area contributed by atoms with Crippen molar-refractivity contribution >= 4 is 59.3 Å². The second-order valence-electron chi connectivity index (χ2n) is 12.5. The largest absolute Gasteiger partial charge is 0.308 e. The molecule has 0 aliphatic heterocycles. The predicted octanol–water partition coefficient (Wildman–Crippen LogP) is 12.7. The molecule has 0 bridgehead atoms. The summed E-state index contributed by atoms with van der Waals surface area (Å²) in [6.07, 6.45) is 0. The summed E-state index contributed by atoms with van der Waals surface area (Å²) in [5.74, 6) is 0. The molecular formula is C43H31NS. The van der Waals surface area contributed by atoms with Gasteiger partial charge in [0.2, 0.25) is 0 Å². The summed E-state index contributed by atoms with van der Waals surface area (Å²) < 4.78 is 2.62. The number of fused-ring (bicyclic) bond motifs is 8. The van der Waals surface area contributed by atoms with Crippen LogP contribution in [-0.4, -0.2) is 0 Å². The first-order chi connectivity index (χ1) is 22.1. The van der Waals surface area contributed by atoms with Crippen molar-refractivity contribution in [3.05, 3.63) is 163 Å². The quantitative estimate of drug-likeness (QED) is 0.196. The highest BCUT2D eigenvalue weighted by molar-refractivity contribution is 7.26. The van der Waals surface area contributed by atoms with Crippen LogP contribution in [0.1, 0.15) is 25.0 Å². The Hall–Kier alpha value is -5.18. The monoisotopic (exact) mass is 593 g/mol. The van der Waals surface area contributed by atoms with Crippen LogP contribution >= 0.6 is 11.3 Å². The van der Waals surface area contributed by atoms with E-state index in [2.05, 4.69) is 170 Å². The van der Waals surface area contributed by atoms with Gasteiger partial charge in [0.05, 0.1) is 16.1 Å². The number of nitrogens with zero attached hydrogens (tertiary/aromatic N) is 1. The lowest BCUT2D eigenvalue weighted by Gasteiger charge is -2.30. The van der Waals surface area contributed by atoms with Gasteiger partial charge in [-0.25, -0.2) is 0 Å². The van der Waals surface area contributed by atoms with E-state index in [1.54, 1.807) is 0 Å². The molecule has 45 heavy (non-hydrogen) atoms. The number of hydrogen-bond acceptors (Lipinski definition) is 2. The molecule has 7 aromatic carbocycles. The van der Waals surface area contributed by atoms with E-state index in [-0.39, 0.29) is 5.41 Å². The molecule has 1 nitrogen and oxygen atoms in total. The van der Waals surface area contributed by atoms with E-state index in [0.29, 0.717) is 0 Å². The molecule has 1 aliphatic rings. The van der Waals surface area contributed by atoms with Gasteiger partial charge in [0.1, 0.15) is 0 Å². The molecule has 0 spiro atoms. The summed E-state index contributed by atoms with van der Waals surface area (Å²) >= 11 is 1.90. The Kier molecular flexibility index (Phi) is 5.78. The third-order valence-electron chi connectivity index (χ3n) is 9.63. The van der Waals surface area contributed by atoms with Crippen LogP contribution in [0.5, 0.6) is 0 Å². The van der Waals surface area contributed by atoms with Crippen LogP contribution in [0.2, 0.25) is 0 Å². The van der Waals surface area contributed by atoms with Gasteiger partial charge < -0.3 is 4.90 Å². The Morgan fingerprint density at radius 3 is 2.11 bits per heavy atom. The van der Waals surface area contributed by atoms with E-state index in [4.69, 9.17) is 0 Å². The van der Waals surface area contributed by atoms with Crippen LogP contribution in [0.15, 0.2) is 152 Å². The van der Waals surface area contributed by atoms with Crippen molar-refractivity contribution in [2.75, 3.05) is 4.90 Å². The van der Waals surface area contributed by atoms with Crippen molar-refractivity contribution in [2.45, 2.75) is 19.3 Å². The molecule has 1 heterocycles. The van der Waals surface area contributed by atoms with E-state index < -0.39 is 0 Å². The molecule has 0 N–H and O–H groups in total. The zero-order valence-electron chi connectivity index (χ0n) is 25.3. The molecule has 0 radical (unpaired) electrons. The topological polar surface area (TPSA) is 3.24 Å². The highest BCUT2D eigenvalue weighted by Crippen LogP contribution is 2.56. The second-order valence-corrected chi connectivity index (χ2v) is 13.6. The Morgan fingerprint density at radius 2 is 1.22 bits per heavy atom. The lowest BCUT2D eigenvalue weighted by Crippen LogP contribution is -2.16. The van der Waals surface area contributed by atoms with Crippen molar-refractivity contribution in [3.63, 3.8) is 0 Å². The van der Waals surface area contributed by atoms with Crippen LogP contribution in [0, 0.1) is 0 Å². The smallest absolute Gasteiger partial charge is 0.0647 e. The molecule has 0 unspecified atom stereocenters. The molecule has 2 heteroatoms. The zero-order chi connectivity index (χ0) is 30.1. The van der Waals surface area contributed by atoms with Crippen molar-refractivity contribution in [1.82, 2.24) is 0 Å². The van der Waals surface area contributed by atoms with E-state index in [0.717, 1.165) is 5.69 Å². The first kappa shape index (κ1) is 26.2. The van der Waals surface area contributed by atoms with Crippen molar-refractivity contribution in [1.29, 1.82) is 0 Å². The normalized spacial score (nSPS) is 13.3. The van der Waals surface area contributed by atoms with Gasteiger partial charge in [0.15, 0.2) is 0 Å². The number of rotatable bonds is 4. The molecule has 214 valence electrons. The summed E-state index contributed by atoms with van der Waals surface area (Å²) in [5, 5.41) is 5.21. The Labute approximate surface area is 267 Å². The molecule has 0 atom stereocenters. The Balaban J connectivity index is 1.41. The molecular weight excluding hydrogens is 563 g/mol. The van der Waals surface area contributed by atoms with E-state index in [9.17, 15) is 0 Å². The second kappa shape index (κ2) is 9.92. The average molecular weight is 594 g/mol. The Bertz CT molecular complexity index is 2410. The van der Waals surface area contributed by atoms with Gasteiger partial charge in [-0.15, -0.1) is 11.3 Å². The number of hydrogen-bond donors (Lipinski definition) is 0. The molecule has 0 saturated heterocycles. The minimum absolute atomic E-state index is 0.0875. The average Bonchev–Trinajstić information content (AvgIpc) is 3.59. The summed E-state index contributed by atoms with van der Waals surface area (Å²) in [7, 11) is 0. The summed E-state index contributed by atoms with van der Waals surface area (Å²) in [6.45, 7) is 4.73. The molecule has 0 saturated carbocycles.